The van der Waals surface area contributed by atoms with E-state index in [-0.39, 0.29) is 5.56 Å². The van der Waals surface area contributed by atoms with Crippen molar-refractivity contribution in [1.29, 1.82) is 10.5 Å². The lowest BCUT2D eigenvalue weighted by atomic mass is 10.1. The normalized spacial score (nSPS) is 9.47. The van der Waals surface area contributed by atoms with Crippen LogP contribution in [0.25, 0.3) is 0 Å². The van der Waals surface area contributed by atoms with Crippen molar-refractivity contribution in [2.45, 2.75) is 6.92 Å². The maximum absolute atomic E-state index is 13.0. The molecule has 0 radical (unpaired) electrons. The van der Waals surface area contributed by atoms with Crippen LogP contribution in [-0.2, 0) is 0 Å². The monoisotopic (exact) mass is 251 g/mol. The molecular weight excluding hydrogens is 241 g/mol. The zero-order chi connectivity index (χ0) is 13.8. The average Bonchev–Trinajstić information content (AvgIpc) is 2.42. The Morgan fingerprint density at radius 3 is 2.16 bits per heavy atom. The number of benzene rings is 2. The third kappa shape index (κ3) is 2.70. The Kier molecular flexibility index (Phi) is 3.45. The molecule has 0 aliphatic rings. The zero-order valence-corrected chi connectivity index (χ0v) is 10.2. The number of aryl methyl sites for hydroxylation is 1. The van der Waals surface area contributed by atoms with E-state index in [2.05, 4.69) is 11.4 Å². The molecule has 3 nitrogen and oxygen atoms in total. The van der Waals surface area contributed by atoms with Gasteiger partial charge >= 0.3 is 0 Å². The third-order valence-electron chi connectivity index (χ3n) is 2.67. The average molecular weight is 251 g/mol. The molecule has 0 saturated heterocycles. The van der Waals surface area contributed by atoms with Crippen molar-refractivity contribution < 1.29 is 4.39 Å². The summed E-state index contributed by atoms with van der Waals surface area (Å²) in [5.41, 5.74) is 2.72. The van der Waals surface area contributed by atoms with Crippen LogP contribution < -0.4 is 5.32 Å². The van der Waals surface area contributed by atoms with E-state index in [4.69, 9.17) is 10.5 Å². The first kappa shape index (κ1) is 12.6. The number of nitrogens with one attached hydrogen (secondary N) is 1. The second kappa shape index (κ2) is 5.20. The number of nitriles is 2. The topological polar surface area (TPSA) is 59.6 Å². The number of halogens is 1. The molecular formula is C15H10FN3. The first-order valence-electron chi connectivity index (χ1n) is 5.61. The summed E-state index contributed by atoms with van der Waals surface area (Å²) in [6.07, 6.45) is 0. The summed E-state index contributed by atoms with van der Waals surface area (Å²) in [5, 5.41) is 21.0. The number of anilines is 2. The summed E-state index contributed by atoms with van der Waals surface area (Å²) in [6, 6.07) is 13.3. The van der Waals surface area contributed by atoms with Gasteiger partial charge in [0.2, 0.25) is 0 Å². The third-order valence-corrected chi connectivity index (χ3v) is 2.67. The van der Waals surface area contributed by atoms with E-state index in [1.807, 2.05) is 19.1 Å². The van der Waals surface area contributed by atoms with E-state index in [9.17, 15) is 4.39 Å². The van der Waals surface area contributed by atoms with E-state index < -0.39 is 5.82 Å². The van der Waals surface area contributed by atoms with E-state index >= 15 is 0 Å². The van der Waals surface area contributed by atoms with Gasteiger partial charge in [-0.15, -0.1) is 0 Å². The van der Waals surface area contributed by atoms with Gasteiger partial charge in [-0.3, -0.25) is 0 Å². The van der Waals surface area contributed by atoms with E-state index in [1.54, 1.807) is 12.1 Å². The fraction of sp³-hybridized carbons (Fsp3) is 0.0667. The Balaban J connectivity index is 2.43. The summed E-state index contributed by atoms with van der Waals surface area (Å²) in [5.74, 6) is -0.466. The predicted octanol–water partition coefficient (Wildman–Crippen LogP) is 3.62. The van der Waals surface area contributed by atoms with Gasteiger partial charge < -0.3 is 5.32 Å². The summed E-state index contributed by atoms with van der Waals surface area (Å²) in [4.78, 5) is 0. The lowest BCUT2D eigenvalue weighted by Gasteiger charge is -2.10. The zero-order valence-electron chi connectivity index (χ0n) is 10.2. The molecule has 0 aliphatic carbocycles. The molecule has 0 spiro atoms. The number of rotatable bonds is 2. The molecule has 92 valence electrons. The van der Waals surface area contributed by atoms with Crippen LogP contribution in [-0.4, -0.2) is 0 Å². The molecule has 0 atom stereocenters. The van der Waals surface area contributed by atoms with Gasteiger partial charge in [0.25, 0.3) is 0 Å². The van der Waals surface area contributed by atoms with E-state index in [0.717, 1.165) is 11.6 Å². The van der Waals surface area contributed by atoms with Crippen molar-refractivity contribution in [3.05, 3.63) is 58.9 Å². The van der Waals surface area contributed by atoms with E-state index in [0.29, 0.717) is 16.9 Å². The van der Waals surface area contributed by atoms with Gasteiger partial charge in [-0.2, -0.15) is 10.5 Å². The number of nitrogens with zero attached hydrogens (tertiary/aromatic N) is 2. The van der Waals surface area contributed by atoms with Crippen LogP contribution in [0.4, 0.5) is 15.8 Å². The van der Waals surface area contributed by atoms with Crippen molar-refractivity contribution in [2.24, 2.45) is 0 Å². The predicted molar refractivity (Wildman–Crippen MR) is 70.3 cm³/mol. The van der Waals surface area contributed by atoms with Gasteiger partial charge in [0, 0.05) is 0 Å². The second-order valence-corrected chi connectivity index (χ2v) is 4.09. The highest BCUT2D eigenvalue weighted by Gasteiger charge is 2.07. The maximum atomic E-state index is 13.0. The number of hydrogen-bond donors (Lipinski definition) is 1. The Bertz CT molecular complexity index is 647. The minimum absolute atomic E-state index is 0.199. The highest BCUT2D eigenvalue weighted by atomic mass is 19.1. The molecule has 1 N–H and O–H groups in total. The van der Waals surface area contributed by atoms with Gasteiger partial charge in [-0.1, -0.05) is 6.07 Å². The molecule has 0 unspecified atom stereocenters. The minimum atomic E-state index is -0.466. The van der Waals surface area contributed by atoms with Crippen LogP contribution in [0.15, 0.2) is 36.4 Å². The van der Waals surface area contributed by atoms with Crippen LogP contribution in [0.1, 0.15) is 16.7 Å². The molecule has 0 aromatic heterocycles. The largest absolute Gasteiger partial charge is 0.353 e. The van der Waals surface area contributed by atoms with Crippen LogP contribution in [0.5, 0.6) is 0 Å². The van der Waals surface area contributed by atoms with Crippen molar-refractivity contribution >= 4 is 11.4 Å². The van der Waals surface area contributed by atoms with Gasteiger partial charge in [0.05, 0.1) is 22.5 Å². The Morgan fingerprint density at radius 1 is 0.947 bits per heavy atom. The summed E-state index contributed by atoms with van der Waals surface area (Å²) in [7, 11) is 0. The first-order chi connectivity index (χ1) is 9.13. The molecule has 0 amide bonds. The fourth-order valence-electron chi connectivity index (χ4n) is 1.72. The molecule has 0 aliphatic heterocycles. The molecule has 0 bridgehead atoms. The molecule has 0 saturated carbocycles. The van der Waals surface area contributed by atoms with Crippen molar-refractivity contribution in [3.8, 4) is 12.1 Å². The SMILES string of the molecule is Cc1ccc(Nc2ccc(F)cc2C#N)c(C#N)c1. The quantitative estimate of drug-likeness (QED) is 0.886. The summed E-state index contributed by atoms with van der Waals surface area (Å²) in [6.45, 7) is 1.89. The molecule has 0 heterocycles. The smallest absolute Gasteiger partial charge is 0.124 e. The van der Waals surface area contributed by atoms with Gasteiger partial charge in [0.15, 0.2) is 0 Å². The minimum Gasteiger partial charge on any atom is -0.353 e. The molecule has 2 rings (SSSR count). The highest BCUT2D eigenvalue weighted by molar-refractivity contribution is 5.71. The van der Waals surface area contributed by atoms with Crippen LogP contribution >= 0.6 is 0 Å². The van der Waals surface area contributed by atoms with Crippen LogP contribution in [0.2, 0.25) is 0 Å². The second-order valence-electron chi connectivity index (χ2n) is 4.09. The maximum Gasteiger partial charge on any atom is 0.124 e. The lowest BCUT2D eigenvalue weighted by molar-refractivity contribution is 0.627. The van der Waals surface area contributed by atoms with Crippen LogP contribution in [0, 0.1) is 35.4 Å². The molecule has 2 aromatic carbocycles. The van der Waals surface area contributed by atoms with Gasteiger partial charge in [-0.25, -0.2) is 4.39 Å². The lowest BCUT2D eigenvalue weighted by Crippen LogP contribution is -1.97. The summed E-state index contributed by atoms with van der Waals surface area (Å²) >= 11 is 0. The fourth-order valence-corrected chi connectivity index (χ4v) is 1.72. The number of hydrogen-bond acceptors (Lipinski definition) is 3. The Labute approximate surface area is 110 Å². The van der Waals surface area contributed by atoms with Crippen molar-refractivity contribution in [3.63, 3.8) is 0 Å². The van der Waals surface area contributed by atoms with Crippen LogP contribution in [0.3, 0.4) is 0 Å². The van der Waals surface area contributed by atoms with Gasteiger partial charge in [-0.05, 0) is 42.8 Å². The highest BCUT2D eigenvalue weighted by Crippen LogP contribution is 2.24. The standard InChI is InChI=1S/C15H10FN3/c1-10-2-4-14(11(6-10)8-17)19-15-5-3-13(16)7-12(15)9-18/h2-7,19H,1H3. The summed E-state index contributed by atoms with van der Waals surface area (Å²) < 4.78 is 13.0. The molecule has 0 fully saturated rings. The Morgan fingerprint density at radius 2 is 1.53 bits per heavy atom. The van der Waals surface area contributed by atoms with Crippen molar-refractivity contribution in [1.82, 2.24) is 0 Å². The molecule has 19 heavy (non-hydrogen) atoms. The van der Waals surface area contributed by atoms with Gasteiger partial charge in [0.1, 0.15) is 18.0 Å². The first-order valence-corrected chi connectivity index (χ1v) is 5.61. The van der Waals surface area contributed by atoms with E-state index in [1.165, 1.54) is 12.1 Å². The molecule has 2 aromatic rings. The van der Waals surface area contributed by atoms with Crippen molar-refractivity contribution in [2.75, 3.05) is 5.32 Å². The molecule has 4 heteroatoms. The Hall–Kier alpha value is -2.85.